The highest BCUT2D eigenvalue weighted by Crippen LogP contribution is 2.19. The minimum atomic E-state index is -0.133. The van der Waals surface area contributed by atoms with E-state index in [0.29, 0.717) is 17.7 Å². The van der Waals surface area contributed by atoms with Crippen LogP contribution in [0.5, 0.6) is 11.5 Å². The zero-order chi connectivity index (χ0) is 19.8. The van der Waals surface area contributed by atoms with E-state index in [1.54, 1.807) is 7.11 Å². The van der Waals surface area contributed by atoms with Gasteiger partial charge in [-0.25, -0.2) is 0 Å². The van der Waals surface area contributed by atoms with Gasteiger partial charge in [-0.15, -0.1) is 10.2 Å². The van der Waals surface area contributed by atoms with Crippen LogP contribution in [0, 0.1) is 6.92 Å². The van der Waals surface area contributed by atoms with Crippen molar-refractivity contribution < 1.29 is 18.7 Å². The molecule has 28 heavy (non-hydrogen) atoms. The van der Waals surface area contributed by atoms with Crippen LogP contribution in [0.25, 0.3) is 0 Å². The Morgan fingerprint density at radius 3 is 2.86 bits per heavy atom. The van der Waals surface area contributed by atoms with Crippen molar-refractivity contribution >= 4 is 17.7 Å². The third-order valence-corrected chi connectivity index (χ3v) is 4.61. The molecule has 0 aliphatic heterocycles. The van der Waals surface area contributed by atoms with Crippen molar-refractivity contribution in [1.82, 2.24) is 15.5 Å². The standard InChI is InChI=1S/C20H21N3O4S/c1-14-6-5-8-16(10-14)26-12-19-22-23-20(27-19)28-13-18(24)21-11-15-7-3-4-9-17(15)25-2/h3-10H,11-13H2,1-2H3,(H,21,24). The first-order valence-electron chi connectivity index (χ1n) is 8.67. The summed E-state index contributed by atoms with van der Waals surface area (Å²) in [5.74, 6) is 1.88. The van der Waals surface area contributed by atoms with Crippen molar-refractivity contribution in [2.75, 3.05) is 12.9 Å². The van der Waals surface area contributed by atoms with Crippen LogP contribution < -0.4 is 14.8 Å². The molecule has 0 radical (unpaired) electrons. The number of rotatable bonds is 9. The molecule has 1 aromatic heterocycles. The van der Waals surface area contributed by atoms with Gasteiger partial charge in [-0.05, 0) is 30.7 Å². The number of methoxy groups -OCH3 is 1. The molecule has 0 spiro atoms. The number of carbonyl (C=O) groups is 1. The van der Waals surface area contributed by atoms with E-state index in [-0.39, 0.29) is 18.3 Å². The number of aromatic nitrogens is 2. The quantitative estimate of drug-likeness (QED) is 0.552. The average Bonchev–Trinajstić information content (AvgIpc) is 3.17. The molecule has 1 N–H and O–H groups in total. The first-order valence-corrected chi connectivity index (χ1v) is 9.66. The highest BCUT2D eigenvalue weighted by atomic mass is 32.2. The Morgan fingerprint density at radius 1 is 1.18 bits per heavy atom. The monoisotopic (exact) mass is 399 g/mol. The minimum Gasteiger partial charge on any atom is -0.496 e. The zero-order valence-corrected chi connectivity index (χ0v) is 16.5. The second kappa shape index (κ2) is 9.80. The lowest BCUT2D eigenvalue weighted by molar-refractivity contribution is -0.118. The molecule has 3 rings (SSSR count). The highest BCUT2D eigenvalue weighted by Gasteiger charge is 2.11. The summed E-state index contributed by atoms with van der Waals surface area (Å²) in [6.07, 6.45) is 0. The third kappa shape index (κ3) is 5.75. The van der Waals surface area contributed by atoms with Crippen LogP contribution in [-0.4, -0.2) is 29.0 Å². The van der Waals surface area contributed by atoms with Gasteiger partial charge in [-0.2, -0.15) is 0 Å². The van der Waals surface area contributed by atoms with Crippen molar-refractivity contribution in [2.45, 2.75) is 25.3 Å². The number of nitrogens with one attached hydrogen (secondary N) is 1. The normalized spacial score (nSPS) is 10.5. The molecule has 0 fully saturated rings. The molecule has 0 bridgehead atoms. The van der Waals surface area contributed by atoms with E-state index in [4.69, 9.17) is 13.9 Å². The third-order valence-electron chi connectivity index (χ3n) is 3.80. The predicted octanol–water partition coefficient (Wildman–Crippen LogP) is 3.37. The Morgan fingerprint density at radius 2 is 2.04 bits per heavy atom. The Kier molecular flexibility index (Phi) is 6.91. The largest absolute Gasteiger partial charge is 0.496 e. The lowest BCUT2D eigenvalue weighted by atomic mass is 10.2. The van der Waals surface area contributed by atoms with Gasteiger partial charge in [0.15, 0.2) is 6.61 Å². The van der Waals surface area contributed by atoms with Crippen molar-refractivity contribution in [3.8, 4) is 11.5 Å². The summed E-state index contributed by atoms with van der Waals surface area (Å²) in [4.78, 5) is 12.1. The number of hydrogen-bond donors (Lipinski definition) is 1. The molecular formula is C20H21N3O4S. The summed E-state index contributed by atoms with van der Waals surface area (Å²) in [5, 5.41) is 11.0. The van der Waals surface area contributed by atoms with Crippen LogP contribution in [0.4, 0.5) is 0 Å². The van der Waals surface area contributed by atoms with E-state index in [9.17, 15) is 4.79 Å². The number of amides is 1. The fraction of sp³-hybridized carbons (Fsp3) is 0.250. The zero-order valence-electron chi connectivity index (χ0n) is 15.7. The summed E-state index contributed by atoms with van der Waals surface area (Å²) in [7, 11) is 1.60. The second-order valence-electron chi connectivity index (χ2n) is 5.94. The number of nitrogens with zero attached hydrogens (tertiary/aromatic N) is 2. The summed E-state index contributed by atoms with van der Waals surface area (Å²) in [5.41, 5.74) is 2.02. The number of para-hydroxylation sites is 1. The molecule has 0 saturated heterocycles. The SMILES string of the molecule is COc1ccccc1CNC(=O)CSc1nnc(COc2cccc(C)c2)o1. The van der Waals surface area contributed by atoms with Crippen LogP contribution >= 0.6 is 11.8 Å². The Labute approximate surface area is 167 Å². The van der Waals surface area contributed by atoms with Gasteiger partial charge in [0.05, 0.1) is 12.9 Å². The van der Waals surface area contributed by atoms with Crippen molar-refractivity contribution in [3.05, 3.63) is 65.5 Å². The van der Waals surface area contributed by atoms with Gasteiger partial charge >= 0.3 is 0 Å². The molecule has 0 unspecified atom stereocenters. The van der Waals surface area contributed by atoms with Gasteiger partial charge in [-0.3, -0.25) is 4.79 Å². The van der Waals surface area contributed by atoms with Gasteiger partial charge < -0.3 is 19.2 Å². The lowest BCUT2D eigenvalue weighted by Gasteiger charge is -2.08. The van der Waals surface area contributed by atoms with Crippen LogP contribution in [-0.2, 0) is 17.9 Å². The highest BCUT2D eigenvalue weighted by molar-refractivity contribution is 7.99. The smallest absolute Gasteiger partial charge is 0.277 e. The lowest BCUT2D eigenvalue weighted by Crippen LogP contribution is -2.24. The maximum absolute atomic E-state index is 12.1. The molecule has 3 aromatic rings. The van der Waals surface area contributed by atoms with Gasteiger partial charge in [0.1, 0.15) is 11.5 Å². The van der Waals surface area contributed by atoms with E-state index < -0.39 is 0 Å². The average molecular weight is 399 g/mol. The van der Waals surface area contributed by atoms with Gasteiger partial charge in [-0.1, -0.05) is 42.1 Å². The molecule has 1 amide bonds. The molecule has 146 valence electrons. The first kappa shape index (κ1) is 19.8. The first-order chi connectivity index (χ1) is 13.6. The Hall–Kier alpha value is -3.00. The Bertz CT molecular complexity index is 929. The molecule has 0 aliphatic rings. The number of ether oxygens (including phenoxy) is 2. The van der Waals surface area contributed by atoms with Crippen molar-refractivity contribution in [3.63, 3.8) is 0 Å². The number of thioether (sulfide) groups is 1. The fourth-order valence-corrected chi connectivity index (χ4v) is 3.04. The van der Waals surface area contributed by atoms with E-state index >= 15 is 0 Å². The molecule has 0 atom stereocenters. The Balaban J connectivity index is 1.43. The maximum Gasteiger partial charge on any atom is 0.277 e. The van der Waals surface area contributed by atoms with Crippen molar-refractivity contribution in [1.29, 1.82) is 0 Å². The summed E-state index contributed by atoms with van der Waals surface area (Å²) >= 11 is 1.18. The molecule has 7 nitrogen and oxygen atoms in total. The van der Waals surface area contributed by atoms with E-state index in [2.05, 4.69) is 15.5 Å². The van der Waals surface area contributed by atoms with Crippen molar-refractivity contribution in [2.24, 2.45) is 0 Å². The van der Waals surface area contributed by atoms with Crippen LogP contribution in [0.2, 0.25) is 0 Å². The maximum atomic E-state index is 12.1. The van der Waals surface area contributed by atoms with E-state index in [1.165, 1.54) is 11.8 Å². The second-order valence-corrected chi connectivity index (χ2v) is 6.87. The molecule has 2 aromatic carbocycles. The summed E-state index contributed by atoms with van der Waals surface area (Å²) < 4.78 is 16.4. The van der Waals surface area contributed by atoms with Gasteiger partial charge in [0.2, 0.25) is 5.91 Å². The molecule has 8 heteroatoms. The van der Waals surface area contributed by atoms with Crippen LogP contribution in [0.15, 0.2) is 58.2 Å². The van der Waals surface area contributed by atoms with E-state index in [0.717, 1.165) is 22.6 Å². The fourth-order valence-electron chi connectivity index (χ4n) is 2.43. The molecule has 1 heterocycles. The van der Waals surface area contributed by atoms with Gasteiger partial charge in [0, 0.05) is 12.1 Å². The number of carbonyl (C=O) groups excluding carboxylic acids is 1. The summed E-state index contributed by atoms with van der Waals surface area (Å²) in [6.45, 7) is 2.56. The number of benzene rings is 2. The van der Waals surface area contributed by atoms with E-state index in [1.807, 2.05) is 55.5 Å². The minimum absolute atomic E-state index is 0.133. The topological polar surface area (TPSA) is 86.5 Å². The molecule has 0 saturated carbocycles. The summed E-state index contributed by atoms with van der Waals surface area (Å²) in [6, 6.07) is 15.3. The van der Waals surface area contributed by atoms with Crippen LogP contribution in [0.3, 0.4) is 0 Å². The van der Waals surface area contributed by atoms with Crippen LogP contribution in [0.1, 0.15) is 17.0 Å². The number of hydrogen-bond acceptors (Lipinski definition) is 7. The number of aryl methyl sites for hydroxylation is 1. The predicted molar refractivity (Wildman–Crippen MR) is 105 cm³/mol. The van der Waals surface area contributed by atoms with Gasteiger partial charge in [0.25, 0.3) is 11.1 Å². The molecule has 0 aliphatic carbocycles. The molecular weight excluding hydrogens is 378 g/mol.